The highest BCUT2D eigenvalue weighted by Crippen LogP contribution is 2.31. The standard InChI is InChI=1S/C12H16N4O/c1-9-3-4-10-14-11(15-16(10)7-9)13-8-12(17)5-2-6-12/h3-4,7,17H,2,5-6,8H2,1H3,(H,13,15). The Bertz CT molecular complexity index is 544. The van der Waals surface area contributed by atoms with E-state index in [2.05, 4.69) is 15.4 Å². The molecular weight excluding hydrogens is 216 g/mol. The molecule has 0 amide bonds. The third-order valence-electron chi connectivity index (χ3n) is 3.34. The Kier molecular flexibility index (Phi) is 2.29. The molecule has 0 bridgehead atoms. The average molecular weight is 232 g/mol. The lowest BCUT2D eigenvalue weighted by molar-refractivity contribution is -0.0203. The van der Waals surface area contributed by atoms with Crippen molar-refractivity contribution in [2.24, 2.45) is 0 Å². The van der Waals surface area contributed by atoms with Crippen molar-refractivity contribution < 1.29 is 5.11 Å². The van der Waals surface area contributed by atoms with Gasteiger partial charge in [0.05, 0.1) is 5.60 Å². The highest BCUT2D eigenvalue weighted by atomic mass is 16.3. The second-order valence-corrected chi connectivity index (χ2v) is 4.88. The zero-order valence-electron chi connectivity index (χ0n) is 9.85. The predicted octanol–water partition coefficient (Wildman–Crippen LogP) is 1.36. The van der Waals surface area contributed by atoms with Crippen LogP contribution in [0.5, 0.6) is 0 Å². The van der Waals surface area contributed by atoms with Crippen molar-refractivity contribution >= 4 is 11.6 Å². The highest BCUT2D eigenvalue weighted by Gasteiger charge is 2.34. The molecule has 1 aliphatic rings. The van der Waals surface area contributed by atoms with Crippen LogP contribution in [0.3, 0.4) is 0 Å². The molecule has 90 valence electrons. The molecule has 2 N–H and O–H groups in total. The molecule has 2 aromatic heterocycles. The number of rotatable bonds is 3. The van der Waals surface area contributed by atoms with E-state index in [4.69, 9.17) is 0 Å². The summed E-state index contributed by atoms with van der Waals surface area (Å²) >= 11 is 0. The van der Waals surface area contributed by atoms with Crippen LogP contribution < -0.4 is 5.32 Å². The summed E-state index contributed by atoms with van der Waals surface area (Å²) in [7, 11) is 0. The Morgan fingerprint density at radius 3 is 3.00 bits per heavy atom. The number of pyridine rings is 1. The van der Waals surface area contributed by atoms with E-state index in [1.54, 1.807) is 4.52 Å². The van der Waals surface area contributed by atoms with Gasteiger partial charge >= 0.3 is 0 Å². The molecule has 0 unspecified atom stereocenters. The fourth-order valence-corrected chi connectivity index (χ4v) is 2.07. The second-order valence-electron chi connectivity index (χ2n) is 4.88. The number of fused-ring (bicyclic) bond motifs is 1. The van der Waals surface area contributed by atoms with Crippen molar-refractivity contribution in [1.82, 2.24) is 14.6 Å². The van der Waals surface area contributed by atoms with Crippen molar-refractivity contribution in [3.05, 3.63) is 23.9 Å². The van der Waals surface area contributed by atoms with Crippen molar-refractivity contribution in [3.63, 3.8) is 0 Å². The third kappa shape index (κ3) is 1.98. The van der Waals surface area contributed by atoms with E-state index < -0.39 is 5.60 Å². The van der Waals surface area contributed by atoms with Gasteiger partial charge < -0.3 is 10.4 Å². The molecule has 0 aliphatic heterocycles. The van der Waals surface area contributed by atoms with Crippen molar-refractivity contribution in [2.75, 3.05) is 11.9 Å². The van der Waals surface area contributed by atoms with Gasteiger partial charge in [0.2, 0.25) is 5.95 Å². The first-order chi connectivity index (χ1) is 8.15. The van der Waals surface area contributed by atoms with Gasteiger partial charge in [-0.05, 0) is 37.8 Å². The number of anilines is 1. The summed E-state index contributed by atoms with van der Waals surface area (Å²) < 4.78 is 1.75. The number of aryl methyl sites for hydroxylation is 1. The Morgan fingerprint density at radius 1 is 1.47 bits per heavy atom. The molecule has 0 aromatic carbocycles. The van der Waals surface area contributed by atoms with E-state index in [0.717, 1.165) is 30.5 Å². The van der Waals surface area contributed by atoms with Crippen LogP contribution in [0.1, 0.15) is 24.8 Å². The number of aromatic nitrogens is 3. The van der Waals surface area contributed by atoms with Crippen LogP contribution in [0.4, 0.5) is 5.95 Å². The molecule has 0 atom stereocenters. The first-order valence-corrected chi connectivity index (χ1v) is 5.94. The molecule has 0 saturated heterocycles. The minimum Gasteiger partial charge on any atom is -0.388 e. The van der Waals surface area contributed by atoms with Gasteiger partial charge in [0.25, 0.3) is 0 Å². The van der Waals surface area contributed by atoms with E-state index in [1.165, 1.54) is 0 Å². The molecule has 2 heterocycles. The van der Waals surface area contributed by atoms with Crippen LogP contribution in [0.2, 0.25) is 0 Å². The first-order valence-electron chi connectivity index (χ1n) is 5.94. The molecule has 2 aromatic rings. The van der Waals surface area contributed by atoms with E-state index in [9.17, 15) is 5.11 Å². The van der Waals surface area contributed by atoms with Crippen LogP contribution in [0.25, 0.3) is 5.65 Å². The predicted molar refractivity (Wildman–Crippen MR) is 65.0 cm³/mol. The number of aliphatic hydroxyl groups is 1. The maximum Gasteiger partial charge on any atom is 0.243 e. The lowest BCUT2D eigenvalue weighted by Gasteiger charge is -2.36. The summed E-state index contributed by atoms with van der Waals surface area (Å²) in [5.41, 5.74) is 1.41. The highest BCUT2D eigenvalue weighted by molar-refractivity contribution is 5.44. The van der Waals surface area contributed by atoms with Crippen molar-refractivity contribution in [1.29, 1.82) is 0 Å². The maximum atomic E-state index is 9.97. The first kappa shape index (κ1) is 10.5. The monoisotopic (exact) mass is 232 g/mol. The molecule has 3 rings (SSSR count). The molecule has 5 heteroatoms. The summed E-state index contributed by atoms with van der Waals surface area (Å²) in [5.74, 6) is 0.580. The van der Waals surface area contributed by atoms with E-state index >= 15 is 0 Å². The van der Waals surface area contributed by atoms with Gasteiger partial charge in [-0.1, -0.05) is 6.07 Å². The van der Waals surface area contributed by atoms with E-state index in [-0.39, 0.29) is 0 Å². The lowest BCUT2D eigenvalue weighted by Crippen LogP contribution is -2.43. The zero-order valence-corrected chi connectivity index (χ0v) is 9.85. The SMILES string of the molecule is Cc1ccc2nc(NCC3(O)CCC3)nn2c1. The van der Waals surface area contributed by atoms with Gasteiger partial charge in [0.1, 0.15) is 0 Å². The second kappa shape index (κ2) is 3.70. The molecule has 5 nitrogen and oxygen atoms in total. The fraction of sp³-hybridized carbons (Fsp3) is 0.500. The summed E-state index contributed by atoms with van der Waals surface area (Å²) in [6.07, 6.45) is 4.78. The number of hydrogen-bond donors (Lipinski definition) is 2. The molecule has 1 aliphatic carbocycles. The van der Waals surface area contributed by atoms with Gasteiger partial charge in [-0.2, -0.15) is 4.98 Å². The van der Waals surface area contributed by atoms with Crippen LogP contribution in [0.15, 0.2) is 18.3 Å². The summed E-state index contributed by atoms with van der Waals surface area (Å²) in [4.78, 5) is 4.34. The zero-order chi connectivity index (χ0) is 11.9. The van der Waals surface area contributed by atoms with Gasteiger partial charge in [-0.15, -0.1) is 5.10 Å². The van der Waals surface area contributed by atoms with Gasteiger partial charge in [-0.3, -0.25) is 0 Å². The molecule has 1 saturated carbocycles. The normalized spacial score (nSPS) is 18.0. The Morgan fingerprint density at radius 2 is 2.29 bits per heavy atom. The maximum absolute atomic E-state index is 9.97. The minimum absolute atomic E-state index is 0.531. The molecule has 0 spiro atoms. The van der Waals surface area contributed by atoms with Gasteiger partial charge in [0.15, 0.2) is 5.65 Å². The quantitative estimate of drug-likeness (QED) is 0.839. The van der Waals surface area contributed by atoms with Crippen molar-refractivity contribution in [2.45, 2.75) is 31.8 Å². The van der Waals surface area contributed by atoms with Crippen molar-refractivity contribution in [3.8, 4) is 0 Å². The van der Waals surface area contributed by atoms with Crippen LogP contribution in [-0.2, 0) is 0 Å². The summed E-state index contributed by atoms with van der Waals surface area (Å²) in [5, 5.41) is 17.4. The fourth-order valence-electron chi connectivity index (χ4n) is 2.07. The minimum atomic E-state index is -0.548. The summed E-state index contributed by atoms with van der Waals surface area (Å²) in [6.45, 7) is 2.55. The summed E-state index contributed by atoms with van der Waals surface area (Å²) in [6, 6.07) is 3.94. The largest absolute Gasteiger partial charge is 0.388 e. The van der Waals surface area contributed by atoms with E-state index in [1.807, 2.05) is 25.3 Å². The number of nitrogens with zero attached hydrogens (tertiary/aromatic N) is 3. The van der Waals surface area contributed by atoms with Gasteiger partial charge in [0, 0.05) is 12.7 Å². The Labute approximate surface area is 99.5 Å². The number of hydrogen-bond acceptors (Lipinski definition) is 4. The van der Waals surface area contributed by atoms with Crippen LogP contribution >= 0.6 is 0 Å². The van der Waals surface area contributed by atoms with Crippen LogP contribution in [0, 0.1) is 6.92 Å². The Balaban J connectivity index is 1.76. The molecule has 17 heavy (non-hydrogen) atoms. The van der Waals surface area contributed by atoms with E-state index in [0.29, 0.717) is 12.5 Å². The van der Waals surface area contributed by atoms with Crippen LogP contribution in [-0.4, -0.2) is 31.9 Å². The molecule has 0 radical (unpaired) electrons. The lowest BCUT2D eigenvalue weighted by atomic mass is 9.80. The van der Waals surface area contributed by atoms with Gasteiger partial charge in [-0.25, -0.2) is 4.52 Å². The smallest absolute Gasteiger partial charge is 0.243 e. The number of nitrogens with one attached hydrogen (secondary N) is 1. The molecular formula is C12H16N4O. The molecule has 1 fully saturated rings. The Hall–Kier alpha value is -1.62. The topological polar surface area (TPSA) is 62.5 Å². The third-order valence-corrected chi connectivity index (χ3v) is 3.34. The average Bonchev–Trinajstić information content (AvgIpc) is 2.65.